The maximum Gasteiger partial charge on any atom is 0.269 e. The fourth-order valence-electron chi connectivity index (χ4n) is 2.65. The SMILES string of the molecule is N#C/C(=C\c1cc(Cl)c(OCc2ccc(Br)cc2)c(Cl)c1)c1ccc([N+](=O)[O-])cc1. The molecule has 0 radical (unpaired) electrons. The van der Waals surface area contributed by atoms with Crippen molar-refractivity contribution in [1.29, 1.82) is 5.26 Å². The summed E-state index contributed by atoms with van der Waals surface area (Å²) < 4.78 is 6.74. The zero-order valence-corrected chi connectivity index (χ0v) is 18.4. The Morgan fingerprint density at radius 1 is 1.10 bits per heavy atom. The number of non-ortho nitro benzene ring substituents is 1. The van der Waals surface area contributed by atoms with E-state index in [0.29, 0.717) is 39.1 Å². The molecule has 0 saturated carbocycles. The standard InChI is InChI=1S/C22H13BrCl2N2O3/c23-18-5-1-14(2-6-18)13-30-22-20(24)10-15(11-21(22)25)9-17(12-26)16-3-7-19(8-4-16)27(28)29/h1-11H,13H2/b17-9+. The van der Waals surface area contributed by atoms with E-state index in [1.165, 1.54) is 24.3 Å². The van der Waals surface area contributed by atoms with Crippen LogP contribution >= 0.6 is 39.1 Å². The first-order valence-electron chi connectivity index (χ1n) is 8.60. The summed E-state index contributed by atoms with van der Waals surface area (Å²) in [6.07, 6.45) is 1.61. The van der Waals surface area contributed by atoms with Crippen LogP contribution in [0.4, 0.5) is 5.69 Å². The number of ether oxygens (including phenoxy) is 1. The van der Waals surface area contributed by atoms with E-state index in [0.717, 1.165) is 10.0 Å². The molecule has 30 heavy (non-hydrogen) atoms. The van der Waals surface area contributed by atoms with Gasteiger partial charge in [0.15, 0.2) is 5.75 Å². The average Bonchev–Trinajstić information content (AvgIpc) is 2.73. The molecular weight excluding hydrogens is 491 g/mol. The number of nitriles is 1. The Morgan fingerprint density at radius 2 is 1.70 bits per heavy atom. The molecule has 0 aliphatic carbocycles. The lowest BCUT2D eigenvalue weighted by molar-refractivity contribution is -0.384. The first-order valence-corrected chi connectivity index (χ1v) is 10.1. The van der Waals surface area contributed by atoms with E-state index in [1.807, 2.05) is 24.3 Å². The van der Waals surface area contributed by atoms with Crippen LogP contribution in [0, 0.1) is 21.4 Å². The van der Waals surface area contributed by atoms with Crippen LogP contribution in [0.15, 0.2) is 65.1 Å². The number of nitrogens with zero attached hydrogens (tertiary/aromatic N) is 2. The number of hydrogen-bond donors (Lipinski definition) is 0. The van der Waals surface area contributed by atoms with Gasteiger partial charge in [0.05, 0.1) is 26.6 Å². The number of rotatable bonds is 6. The number of benzene rings is 3. The zero-order chi connectivity index (χ0) is 21.7. The third kappa shape index (κ3) is 5.39. The number of allylic oxidation sites excluding steroid dienone is 1. The number of hydrogen-bond acceptors (Lipinski definition) is 4. The first-order chi connectivity index (χ1) is 14.4. The average molecular weight is 504 g/mol. The van der Waals surface area contributed by atoms with Gasteiger partial charge in [-0.15, -0.1) is 0 Å². The second-order valence-electron chi connectivity index (χ2n) is 6.20. The van der Waals surface area contributed by atoms with Crippen LogP contribution in [0.25, 0.3) is 11.6 Å². The summed E-state index contributed by atoms with van der Waals surface area (Å²) in [6.45, 7) is 0.300. The molecule has 8 heteroatoms. The van der Waals surface area contributed by atoms with Crippen LogP contribution in [0.2, 0.25) is 10.0 Å². The third-order valence-corrected chi connectivity index (χ3v) is 5.23. The Morgan fingerprint density at radius 3 is 2.23 bits per heavy atom. The molecule has 0 saturated heterocycles. The van der Waals surface area contributed by atoms with Crippen LogP contribution in [0.3, 0.4) is 0 Å². The third-order valence-electron chi connectivity index (χ3n) is 4.14. The second kappa shape index (κ2) is 9.77. The molecule has 0 unspecified atom stereocenters. The van der Waals surface area contributed by atoms with Gasteiger partial charge in [-0.05, 0) is 59.2 Å². The van der Waals surface area contributed by atoms with Gasteiger partial charge in [-0.2, -0.15) is 5.26 Å². The normalized spacial score (nSPS) is 11.1. The van der Waals surface area contributed by atoms with Crippen molar-refractivity contribution in [1.82, 2.24) is 0 Å². The van der Waals surface area contributed by atoms with E-state index in [-0.39, 0.29) is 5.69 Å². The van der Waals surface area contributed by atoms with Crippen LogP contribution in [-0.2, 0) is 6.61 Å². The van der Waals surface area contributed by atoms with Crippen molar-refractivity contribution in [2.75, 3.05) is 0 Å². The molecule has 0 amide bonds. The molecule has 150 valence electrons. The summed E-state index contributed by atoms with van der Waals surface area (Å²) in [7, 11) is 0. The Bertz CT molecular complexity index is 1130. The van der Waals surface area contributed by atoms with Gasteiger partial charge in [-0.25, -0.2) is 0 Å². The molecule has 0 aliphatic rings. The predicted octanol–water partition coefficient (Wildman–Crippen LogP) is 7.31. The van der Waals surface area contributed by atoms with Crippen molar-refractivity contribution in [2.24, 2.45) is 0 Å². The molecule has 0 bridgehead atoms. The molecule has 0 N–H and O–H groups in total. The Kier molecular flexibility index (Phi) is 7.11. The van der Waals surface area contributed by atoms with Crippen molar-refractivity contribution in [3.63, 3.8) is 0 Å². The van der Waals surface area contributed by atoms with E-state index in [9.17, 15) is 15.4 Å². The lowest BCUT2D eigenvalue weighted by Crippen LogP contribution is -1.97. The van der Waals surface area contributed by atoms with Gasteiger partial charge in [0.1, 0.15) is 6.61 Å². The van der Waals surface area contributed by atoms with Crippen LogP contribution in [-0.4, -0.2) is 4.92 Å². The molecule has 3 aromatic carbocycles. The van der Waals surface area contributed by atoms with Crippen molar-refractivity contribution >= 4 is 56.5 Å². The largest absolute Gasteiger partial charge is 0.486 e. The van der Waals surface area contributed by atoms with E-state index in [1.54, 1.807) is 18.2 Å². The molecule has 0 atom stereocenters. The fraction of sp³-hybridized carbons (Fsp3) is 0.0455. The molecule has 3 aromatic rings. The summed E-state index contributed by atoms with van der Waals surface area (Å²) in [6, 6.07) is 18.8. The van der Waals surface area contributed by atoms with Crippen molar-refractivity contribution < 1.29 is 9.66 Å². The predicted molar refractivity (Wildman–Crippen MR) is 122 cm³/mol. The molecule has 0 aliphatic heterocycles. The maximum atomic E-state index is 10.8. The quantitative estimate of drug-likeness (QED) is 0.153. The Hall–Kier alpha value is -2.85. The highest BCUT2D eigenvalue weighted by Gasteiger charge is 2.12. The van der Waals surface area contributed by atoms with Gasteiger partial charge in [0, 0.05) is 16.6 Å². The highest BCUT2D eigenvalue weighted by Crippen LogP contribution is 2.36. The van der Waals surface area contributed by atoms with Gasteiger partial charge >= 0.3 is 0 Å². The topological polar surface area (TPSA) is 76.2 Å². The minimum Gasteiger partial charge on any atom is -0.486 e. The second-order valence-corrected chi connectivity index (χ2v) is 7.93. The Labute approximate surface area is 191 Å². The fourth-order valence-corrected chi connectivity index (χ4v) is 3.52. The summed E-state index contributed by atoms with van der Waals surface area (Å²) >= 11 is 16.1. The minimum atomic E-state index is -0.494. The maximum absolute atomic E-state index is 10.8. The molecule has 5 nitrogen and oxygen atoms in total. The van der Waals surface area contributed by atoms with E-state index >= 15 is 0 Å². The number of nitro groups is 1. The molecule has 0 aromatic heterocycles. The Balaban J connectivity index is 1.83. The van der Waals surface area contributed by atoms with Crippen LogP contribution in [0.1, 0.15) is 16.7 Å². The van der Waals surface area contributed by atoms with Gasteiger partial charge in [-0.1, -0.05) is 51.3 Å². The minimum absolute atomic E-state index is 0.0468. The highest BCUT2D eigenvalue weighted by molar-refractivity contribution is 9.10. The monoisotopic (exact) mass is 502 g/mol. The van der Waals surface area contributed by atoms with Gasteiger partial charge in [-0.3, -0.25) is 10.1 Å². The summed E-state index contributed by atoms with van der Waals surface area (Å²) in [5, 5.41) is 20.9. The molecule has 0 heterocycles. The van der Waals surface area contributed by atoms with Crippen molar-refractivity contribution in [3.05, 3.63) is 102 Å². The zero-order valence-electron chi connectivity index (χ0n) is 15.3. The van der Waals surface area contributed by atoms with E-state index in [4.69, 9.17) is 27.9 Å². The molecule has 0 fully saturated rings. The van der Waals surface area contributed by atoms with Crippen LogP contribution < -0.4 is 4.74 Å². The number of nitro benzene ring substituents is 1. The number of halogens is 3. The van der Waals surface area contributed by atoms with Gasteiger partial charge in [0.2, 0.25) is 0 Å². The molecule has 3 rings (SSSR count). The lowest BCUT2D eigenvalue weighted by atomic mass is 10.0. The van der Waals surface area contributed by atoms with Crippen molar-refractivity contribution in [3.8, 4) is 11.8 Å². The van der Waals surface area contributed by atoms with E-state index in [2.05, 4.69) is 22.0 Å². The summed E-state index contributed by atoms with van der Waals surface area (Å²) in [5.74, 6) is 0.354. The smallest absolute Gasteiger partial charge is 0.269 e. The summed E-state index contributed by atoms with van der Waals surface area (Å²) in [5.41, 5.74) is 2.39. The van der Waals surface area contributed by atoms with E-state index < -0.39 is 4.92 Å². The molecular formula is C22H13BrCl2N2O3. The lowest BCUT2D eigenvalue weighted by Gasteiger charge is -2.11. The van der Waals surface area contributed by atoms with Gasteiger partial charge in [0.25, 0.3) is 5.69 Å². The van der Waals surface area contributed by atoms with Crippen molar-refractivity contribution in [2.45, 2.75) is 6.61 Å². The highest BCUT2D eigenvalue weighted by atomic mass is 79.9. The van der Waals surface area contributed by atoms with Gasteiger partial charge < -0.3 is 4.74 Å². The molecule has 0 spiro atoms. The van der Waals surface area contributed by atoms with Crippen LogP contribution in [0.5, 0.6) is 5.75 Å². The summed E-state index contributed by atoms with van der Waals surface area (Å²) in [4.78, 5) is 10.3. The first kappa shape index (κ1) is 21.8.